The predicted molar refractivity (Wildman–Crippen MR) is 68.1 cm³/mol. The SMILES string of the molecule is O=S(=O)(CCc1ccccn1)NCCCBr. The molecular formula is C10H15BrN2O2S. The number of alkyl halides is 1. The monoisotopic (exact) mass is 306 g/mol. The Morgan fingerprint density at radius 3 is 2.81 bits per heavy atom. The van der Waals surface area contributed by atoms with Gasteiger partial charge in [-0.3, -0.25) is 4.98 Å². The van der Waals surface area contributed by atoms with Crippen molar-refractivity contribution in [3.63, 3.8) is 0 Å². The molecule has 6 heteroatoms. The third-order valence-electron chi connectivity index (χ3n) is 1.99. The van der Waals surface area contributed by atoms with E-state index in [0.717, 1.165) is 17.4 Å². The van der Waals surface area contributed by atoms with Crippen LogP contribution >= 0.6 is 15.9 Å². The quantitative estimate of drug-likeness (QED) is 0.611. The van der Waals surface area contributed by atoms with Crippen LogP contribution in [0.25, 0.3) is 0 Å². The van der Waals surface area contributed by atoms with Crippen LogP contribution < -0.4 is 4.72 Å². The van der Waals surface area contributed by atoms with Gasteiger partial charge in [-0.05, 0) is 18.6 Å². The summed E-state index contributed by atoms with van der Waals surface area (Å²) in [6.07, 6.45) is 2.91. The lowest BCUT2D eigenvalue weighted by molar-refractivity contribution is 0.580. The average molecular weight is 307 g/mol. The molecule has 1 N–H and O–H groups in total. The number of nitrogens with zero attached hydrogens (tertiary/aromatic N) is 1. The maximum absolute atomic E-state index is 11.5. The van der Waals surface area contributed by atoms with Gasteiger partial charge in [0.15, 0.2) is 0 Å². The molecule has 0 aliphatic carbocycles. The van der Waals surface area contributed by atoms with Crippen LogP contribution in [0.4, 0.5) is 0 Å². The Balaban J connectivity index is 2.36. The third-order valence-corrected chi connectivity index (χ3v) is 3.93. The van der Waals surface area contributed by atoms with E-state index in [9.17, 15) is 8.42 Å². The van der Waals surface area contributed by atoms with Crippen LogP contribution in [0, 0.1) is 0 Å². The molecule has 0 aromatic carbocycles. The Bertz CT molecular complexity index is 395. The molecule has 0 amide bonds. The van der Waals surface area contributed by atoms with Crippen LogP contribution in [0.3, 0.4) is 0 Å². The van der Waals surface area contributed by atoms with Gasteiger partial charge in [0.2, 0.25) is 10.0 Å². The second kappa shape index (κ2) is 6.98. The predicted octanol–water partition coefficient (Wildman–Crippen LogP) is 1.33. The molecule has 0 atom stereocenters. The zero-order chi connectivity index (χ0) is 11.9. The molecule has 1 rings (SSSR count). The van der Waals surface area contributed by atoms with Gasteiger partial charge in [0.25, 0.3) is 0 Å². The fourth-order valence-corrected chi connectivity index (χ4v) is 2.51. The highest BCUT2D eigenvalue weighted by atomic mass is 79.9. The second-order valence-corrected chi connectivity index (χ2v) is 6.05. The Hall–Kier alpha value is -0.460. The molecule has 0 saturated heterocycles. The lowest BCUT2D eigenvalue weighted by atomic mass is 10.3. The third kappa shape index (κ3) is 5.58. The van der Waals surface area contributed by atoms with Gasteiger partial charge in [0.1, 0.15) is 0 Å². The first-order valence-electron chi connectivity index (χ1n) is 5.07. The van der Waals surface area contributed by atoms with Crippen LogP contribution in [-0.2, 0) is 16.4 Å². The highest BCUT2D eigenvalue weighted by Crippen LogP contribution is 1.97. The van der Waals surface area contributed by atoms with Crippen LogP contribution in [-0.4, -0.2) is 31.0 Å². The molecule has 0 bridgehead atoms. The van der Waals surface area contributed by atoms with E-state index in [1.54, 1.807) is 6.20 Å². The molecule has 1 aromatic rings. The van der Waals surface area contributed by atoms with Gasteiger partial charge in [-0.15, -0.1) is 0 Å². The number of sulfonamides is 1. The molecule has 90 valence electrons. The molecular weight excluding hydrogens is 292 g/mol. The topological polar surface area (TPSA) is 59.1 Å². The summed E-state index contributed by atoms with van der Waals surface area (Å²) in [5, 5.41) is 0.801. The molecule has 1 heterocycles. The van der Waals surface area contributed by atoms with E-state index in [0.29, 0.717) is 13.0 Å². The molecule has 0 fully saturated rings. The van der Waals surface area contributed by atoms with Crippen molar-refractivity contribution in [2.45, 2.75) is 12.8 Å². The van der Waals surface area contributed by atoms with Crippen molar-refractivity contribution in [2.75, 3.05) is 17.6 Å². The minimum absolute atomic E-state index is 0.0896. The molecule has 0 spiro atoms. The van der Waals surface area contributed by atoms with Gasteiger partial charge < -0.3 is 0 Å². The Morgan fingerprint density at radius 2 is 2.19 bits per heavy atom. The number of pyridine rings is 1. The molecule has 0 unspecified atom stereocenters. The Morgan fingerprint density at radius 1 is 1.38 bits per heavy atom. The number of hydrogen-bond donors (Lipinski definition) is 1. The Labute approximate surface area is 105 Å². The number of aryl methyl sites for hydroxylation is 1. The van der Waals surface area contributed by atoms with Gasteiger partial charge in [0.05, 0.1) is 5.75 Å². The van der Waals surface area contributed by atoms with Crippen molar-refractivity contribution >= 4 is 26.0 Å². The maximum atomic E-state index is 11.5. The van der Waals surface area contributed by atoms with E-state index in [1.165, 1.54) is 0 Å². The van der Waals surface area contributed by atoms with E-state index in [1.807, 2.05) is 18.2 Å². The summed E-state index contributed by atoms with van der Waals surface area (Å²) >= 11 is 3.25. The van der Waals surface area contributed by atoms with Gasteiger partial charge >= 0.3 is 0 Å². The van der Waals surface area contributed by atoms with E-state index in [2.05, 4.69) is 25.6 Å². The van der Waals surface area contributed by atoms with Crippen molar-refractivity contribution in [1.82, 2.24) is 9.71 Å². The normalized spacial score (nSPS) is 11.6. The van der Waals surface area contributed by atoms with Crippen LogP contribution in [0.2, 0.25) is 0 Å². The number of nitrogens with one attached hydrogen (secondary N) is 1. The van der Waals surface area contributed by atoms with E-state index in [4.69, 9.17) is 0 Å². The molecule has 16 heavy (non-hydrogen) atoms. The highest BCUT2D eigenvalue weighted by Gasteiger charge is 2.09. The minimum atomic E-state index is -3.16. The summed E-state index contributed by atoms with van der Waals surface area (Å²) < 4.78 is 25.6. The fraction of sp³-hybridized carbons (Fsp3) is 0.500. The van der Waals surface area contributed by atoms with Crippen LogP contribution in [0.15, 0.2) is 24.4 Å². The van der Waals surface area contributed by atoms with Crippen molar-refractivity contribution < 1.29 is 8.42 Å². The summed E-state index contributed by atoms with van der Waals surface area (Å²) in [5.74, 6) is 0.0896. The average Bonchev–Trinajstić information content (AvgIpc) is 2.28. The van der Waals surface area contributed by atoms with Gasteiger partial charge in [-0.2, -0.15) is 0 Å². The van der Waals surface area contributed by atoms with E-state index in [-0.39, 0.29) is 5.75 Å². The van der Waals surface area contributed by atoms with Gasteiger partial charge in [-0.1, -0.05) is 22.0 Å². The van der Waals surface area contributed by atoms with Crippen molar-refractivity contribution in [3.05, 3.63) is 30.1 Å². The van der Waals surface area contributed by atoms with Gasteiger partial charge in [-0.25, -0.2) is 13.1 Å². The van der Waals surface area contributed by atoms with Crippen LogP contribution in [0.5, 0.6) is 0 Å². The van der Waals surface area contributed by atoms with Crippen molar-refractivity contribution in [1.29, 1.82) is 0 Å². The largest absolute Gasteiger partial charge is 0.261 e. The molecule has 4 nitrogen and oxygen atoms in total. The van der Waals surface area contributed by atoms with Crippen molar-refractivity contribution in [3.8, 4) is 0 Å². The zero-order valence-electron chi connectivity index (χ0n) is 8.89. The summed E-state index contributed by atoms with van der Waals surface area (Å²) in [4.78, 5) is 4.08. The highest BCUT2D eigenvalue weighted by molar-refractivity contribution is 9.09. The maximum Gasteiger partial charge on any atom is 0.211 e. The number of hydrogen-bond acceptors (Lipinski definition) is 3. The molecule has 0 aliphatic heterocycles. The zero-order valence-corrected chi connectivity index (χ0v) is 11.3. The summed E-state index contributed by atoms with van der Waals surface area (Å²) in [7, 11) is -3.16. The van der Waals surface area contributed by atoms with E-state index >= 15 is 0 Å². The van der Waals surface area contributed by atoms with Crippen molar-refractivity contribution in [2.24, 2.45) is 0 Å². The first-order chi connectivity index (χ1) is 7.64. The minimum Gasteiger partial charge on any atom is -0.261 e. The first-order valence-corrected chi connectivity index (χ1v) is 7.84. The standard InChI is InChI=1S/C10H15BrN2O2S/c11-6-3-8-13-16(14,15)9-5-10-4-1-2-7-12-10/h1-2,4,7,13H,3,5-6,8-9H2. The summed E-state index contributed by atoms with van der Waals surface area (Å²) in [6.45, 7) is 0.482. The number of aromatic nitrogens is 1. The molecule has 0 radical (unpaired) electrons. The summed E-state index contributed by atoms with van der Waals surface area (Å²) in [6, 6.07) is 5.49. The van der Waals surface area contributed by atoms with Gasteiger partial charge in [0, 0.05) is 30.2 Å². The molecule has 0 saturated carbocycles. The van der Waals surface area contributed by atoms with E-state index < -0.39 is 10.0 Å². The fourth-order valence-electron chi connectivity index (χ4n) is 1.15. The Kier molecular flexibility index (Phi) is 5.94. The molecule has 1 aromatic heterocycles. The lowest BCUT2D eigenvalue weighted by Gasteiger charge is -2.05. The first kappa shape index (κ1) is 13.6. The number of rotatable bonds is 7. The number of halogens is 1. The second-order valence-electron chi connectivity index (χ2n) is 3.33. The lowest BCUT2D eigenvalue weighted by Crippen LogP contribution is -2.28. The summed E-state index contributed by atoms with van der Waals surface area (Å²) in [5.41, 5.74) is 0.799. The van der Waals surface area contributed by atoms with Crippen LogP contribution in [0.1, 0.15) is 12.1 Å². The smallest absolute Gasteiger partial charge is 0.211 e. The molecule has 0 aliphatic rings.